The molecule has 0 aliphatic carbocycles. The van der Waals surface area contributed by atoms with E-state index in [1.54, 1.807) is 12.1 Å². The van der Waals surface area contributed by atoms with E-state index in [9.17, 15) is 0 Å². The van der Waals surface area contributed by atoms with E-state index in [1.165, 1.54) is 0 Å². The molecule has 346 valence electrons. The molecule has 72 heavy (non-hydrogen) atoms. The van der Waals surface area contributed by atoms with Crippen molar-refractivity contribution in [2.75, 3.05) is 9.80 Å². The van der Waals surface area contributed by atoms with Crippen molar-refractivity contribution >= 4 is 66.4 Å². The zero-order chi connectivity index (χ0) is 49.0. The number of aryl methyl sites for hydroxylation is 2. The minimum atomic E-state index is -0.331. The highest BCUT2D eigenvalue weighted by Crippen LogP contribution is 2.52. The zero-order valence-corrected chi connectivity index (χ0v) is 40.6. The van der Waals surface area contributed by atoms with E-state index in [2.05, 4.69) is 159 Å². The van der Waals surface area contributed by atoms with E-state index in [0.717, 1.165) is 122 Å². The molecule has 0 bridgehead atoms. The first-order valence-corrected chi connectivity index (χ1v) is 24.6. The first-order valence-electron chi connectivity index (χ1n) is 24.6. The summed E-state index contributed by atoms with van der Waals surface area (Å²) in [7, 11) is 0. The summed E-state index contributed by atoms with van der Waals surface area (Å²) in [5, 5.41) is 6.13. The molecule has 0 aromatic heterocycles. The predicted molar refractivity (Wildman–Crippen MR) is 300 cm³/mol. The lowest BCUT2D eigenvalue weighted by Crippen LogP contribution is -2.16. The number of nitrogens with zero attached hydrogens (tertiary/aromatic N) is 2. The van der Waals surface area contributed by atoms with E-state index in [1.807, 2.05) is 97.1 Å². The highest BCUT2D eigenvalue weighted by molar-refractivity contribution is 6.28. The molecule has 0 saturated heterocycles. The minimum Gasteiger partial charge on any atom is -0.306 e. The van der Waals surface area contributed by atoms with Gasteiger partial charge in [0.05, 0.1) is 22.7 Å². The Labute approximate surface area is 419 Å². The Morgan fingerprint density at radius 1 is 0.292 bits per heavy atom. The van der Waals surface area contributed by atoms with Gasteiger partial charge >= 0.3 is 0 Å². The van der Waals surface area contributed by atoms with Gasteiger partial charge in [-0.3, -0.25) is 0 Å². The van der Waals surface area contributed by atoms with Gasteiger partial charge in [-0.2, -0.15) is 0 Å². The Morgan fingerprint density at radius 2 is 0.639 bits per heavy atom. The van der Waals surface area contributed by atoms with Crippen molar-refractivity contribution in [3.63, 3.8) is 0 Å². The number of benzene rings is 12. The number of anilines is 6. The highest BCUT2D eigenvalue weighted by Gasteiger charge is 2.29. The molecule has 12 aromatic rings. The molecule has 0 radical (unpaired) electrons. The largest absolute Gasteiger partial charge is 0.306 e. The molecular weight excluding hydrogens is 883 g/mol. The summed E-state index contributed by atoms with van der Waals surface area (Å²) in [6.45, 7) is 8.46. The van der Waals surface area contributed by atoms with Gasteiger partial charge in [-0.15, -0.1) is 0 Å². The van der Waals surface area contributed by atoms with Crippen molar-refractivity contribution in [3.05, 3.63) is 264 Å². The summed E-state index contributed by atoms with van der Waals surface area (Å²) < 4.78 is 35.8. The summed E-state index contributed by atoms with van der Waals surface area (Å²) in [4.78, 5) is 4.28. The molecule has 0 atom stereocenters. The third kappa shape index (κ3) is 7.55. The monoisotopic (exact) mass is 932 g/mol. The number of hydrogen-bond donors (Lipinski definition) is 0. The molecule has 0 aliphatic rings. The fourth-order valence-corrected chi connectivity index (χ4v) is 10.8. The van der Waals surface area contributed by atoms with E-state index in [0.29, 0.717) is 11.4 Å². The van der Waals surface area contributed by atoms with Gasteiger partial charge in [0.15, 0.2) is 0 Å². The maximum Gasteiger partial charge on any atom is 0.148 e. The van der Waals surface area contributed by atoms with Crippen molar-refractivity contribution in [2.45, 2.75) is 27.7 Å². The molecule has 0 saturated carbocycles. The second-order valence-corrected chi connectivity index (χ2v) is 18.9. The Hall–Kier alpha value is -8.86. The first-order chi connectivity index (χ1) is 35.2. The fourth-order valence-electron chi connectivity index (χ4n) is 10.8. The number of rotatable bonds is 10. The number of hydrogen-bond acceptors (Lipinski definition) is 2. The van der Waals surface area contributed by atoms with Crippen LogP contribution in [0, 0.1) is 39.3 Å². The maximum absolute atomic E-state index is 17.9. The van der Waals surface area contributed by atoms with Gasteiger partial charge in [-0.05, 0) is 153 Å². The Kier molecular flexibility index (Phi) is 11.2. The number of halogens is 2. The Morgan fingerprint density at radius 3 is 1.01 bits per heavy atom. The summed E-state index contributed by atoms with van der Waals surface area (Å²) in [5.74, 6) is -0.662. The lowest BCUT2D eigenvalue weighted by Gasteiger charge is -2.33. The molecule has 0 fully saturated rings. The third-order valence-corrected chi connectivity index (χ3v) is 14.7. The van der Waals surface area contributed by atoms with Crippen LogP contribution in [0.25, 0.3) is 76.8 Å². The Bertz CT molecular complexity index is 3720. The van der Waals surface area contributed by atoms with E-state index < -0.39 is 0 Å². The smallest absolute Gasteiger partial charge is 0.148 e. The predicted octanol–water partition coefficient (Wildman–Crippen LogP) is 19.7. The van der Waals surface area contributed by atoms with Crippen molar-refractivity contribution in [1.29, 1.82) is 0 Å². The quantitative estimate of drug-likeness (QED) is 0.126. The lowest BCUT2D eigenvalue weighted by atomic mass is 9.90. The topological polar surface area (TPSA) is 6.48 Å². The molecule has 0 aliphatic heterocycles. The summed E-state index contributed by atoms with van der Waals surface area (Å²) in [5.41, 5.74) is 15.6. The molecule has 0 unspecified atom stereocenters. The average Bonchev–Trinajstić information content (AvgIpc) is 3.42. The van der Waals surface area contributed by atoms with Crippen molar-refractivity contribution in [1.82, 2.24) is 0 Å². The van der Waals surface area contributed by atoms with Gasteiger partial charge in [-0.25, -0.2) is 8.78 Å². The van der Waals surface area contributed by atoms with E-state index in [4.69, 9.17) is 0 Å². The molecule has 0 heterocycles. The van der Waals surface area contributed by atoms with Crippen molar-refractivity contribution < 1.29 is 8.78 Å². The van der Waals surface area contributed by atoms with Crippen LogP contribution in [-0.4, -0.2) is 0 Å². The molecule has 12 aromatic carbocycles. The third-order valence-electron chi connectivity index (χ3n) is 14.7. The van der Waals surface area contributed by atoms with Crippen LogP contribution in [0.1, 0.15) is 22.3 Å². The molecule has 4 heteroatoms. The van der Waals surface area contributed by atoms with Crippen LogP contribution >= 0.6 is 0 Å². The second kappa shape index (κ2) is 18.1. The first kappa shape index (κ1) is 44.4. The van der Waals surface area contributed by atoms with Crippen LogP contribution in [0.5, 0.6) is 0 Å². The van der Waals surface area contributed by atoms with Crippen molar-refractivity contribution in [3.8, 4) is 44.5 Å². The molecule has 2 nitrogen and oxygen atoms in total. The summed E-state index contributed by atoms with van der Waals surface area (Å²) in [6.07, 6.45) is 0. The van der Waals surface area contributed by atoms with Crippen LogP contribution < -0.4 is 9.80 Å². The summed E-state index contributed by atoms with van der Waals surface area (Å²) in [6, 6.07) is 77.8. The van der Waals surface area contributed by atoms with E-state index in [-0.39, 0.29) is 11.6 Å². The normalized spacial score (nSPS) is 11.5. The maximum atomic E-state index is 17.9. The van der Waals surface area contributed by atoms with Gasteiger partial charge in [0.2, 0.25) is 0 Å². The molecule has 0 N–H and O–H groups in total. The zero-order valence-electron chi connectivity index (χ0n) is 40.6. The van der Waals surface area contributed by atoms with Gasteiger partial charge in [0.1, 0.15) is 11.6 Å². The molecule has 12 rings (SSSR count). The highest BCUT2D eigenvalue weighted by atomic mass is 19.1. The van der Waals surface area contributed by atoms with Crippen LogP contribution in [0.15, 0.2) is 231 Å². The van der Waals surface area contributed by atoms with Gasteiger partial charge in [-0.1, -0.05) is 182 Å². The minimum absolute atomic E-state index is 0.331. The molecular formula is C68H50F2N2. The van der Waals surface area contributed by atoms with Crippen LogP contribution in [0.2, 0.25) is 0 Å². The Balaban J connectivity index is 1.15. The van der Waals surface area contributed by atoms with Crippen LogP contribution in [0.4, 0.5) is 42.9 Å². The van der Waals surface area contributed by atoms with E-state index >= 15 is 8.78 Å². The van der Waals surface area contributed by atoms with Gasteiger partial charge in [0.25, 0.3) is 0 Å². The second-order valence-electron chi connectivity index (χ2n) is 18.9. The average molecular weight is 933 g/mol. The lowest BCUT2D eigenvalue weighted by molar-refractivity contribution is 0.629. The standard InChI is InChI=1S/C68H50F2N2/c1-43-19-17-29-61(45(43)3)71(67-57(49-25-13-7-14-26-49)39-53(41-59(67)69)47-21-9-5-10-22-47)63-37-33-51-32-36-56-64(38-34-52-31-35-55(63)65(51)66(52)56)72(62-30-18-20-44(2)46(62)4)68-58(50-27-15-8-16-28-50)40-54(42-60(68)70)48-23-11-6-12-24-48/h5-42H,1-4H3. The molecule has 0 spiro atoms. The van der Waals surface area contributed by atoms with Crippen LogP contribution in [-0.2, 0) is 0 Å². The van der Waals surface area contributed by atoms with Gasteiger partial charge in [0, 0.05) is 33.3 Å². The summed E-state index contributed by atoms with van der Waals surface area (Å²) >= 11 is 0. The molecule has 0 amide bonds. The van der Waals surface area contributed by atoms with Gasteiger partial charge < -0.3 is 9.80 Å². The SMILES string of the molecule is Cc1cccc(N(c2c(F)cc(-c3ccccc3)cc2-c2ccccc2)c2ccc3ccc4c(N(c5cccc(C)c5C)c5c(F)cc(-c6ccccc6)cc5-c5ccccc5)ccc5ccc2c3c54)c1C. The van der Waals surface area contributed by atoms with Crippen LogP contribution in [0.3, 0.4) is 0 Å². The van der Waals surface area contributed by atoms with Crippen molar-refractivity contribution in [2.24, 2.45) is 0 Å². The fraction of sp³-hybridized carbons (Fsp3) is 0.0588.